The van der Waals surface area contributed by atoms with Crippen LogP contribution in [0.4, 0.5) is 0 Å². The second-order valence-corrected chi connectivity index (χ2v) is 5.69. The predicted molar refractivity (Wildman–Crippen MR) is 84.1 cm³/mol. The zero-order chi connectivity index (χ0) is 17.2. The molecule has 1 aliphatic rings. The first kappa shape index (κ1) is 19.6. The molecule has 0 radical (unpaired) electrons. The van der Waals surface area contributed by atoms with Crippen molar-refractivity contribution in [3.05, 3.63) is 0 Å². The Balaban J connectivity index is 2.01. The lowest BCUT2D eigenvalue weighted by Crippen LogP contribution is -2.36. The van der Waals surface area contributed by atoms with Gasteiger partial charge in [-0.1, -0.05) is 0 Å². The molecule has 0 aromatic carbocycles. The Labute approximate surface area is 140 Å². The highest BCUT2D eigenvalue weighted by Gasteiger charge is 2.36. The summed E-state index contributed by atoms with van der Waals surface area (Å²) in [6, 6.07) is 0. The average Bonchev–Trinajstić information content (AvgIpc) is 2.72. The smallest absolute Gasteiger partial charge is 0.242 e. The number of Topliss-reactive ketones (excluding diaryl/α,β-unsaturated/α-hetero) is 1. The van der Waals surface area contributed by atoms with E-state index in [0.29, 0.717) is 26.4 Å². The standard InChI is InChI=1S/C14H22N2O6S/c1-10(17)9-22-7-6-21-5-3-15-12(18)2-4-16-13(19)8-11(23)14(16)20/h11,23H,2-9H2,1H3,(H,15,18). The lowest BCUT2D eigenvalue weighted by atomic mass is 10.3. The van der Waals surface area contributed by atoms with E-state index < -0.39 is 5.25 Å². The molecule has 1 aliphatic heterocycles. The van der Waals surface area contributed by atoms with Crippen molar-refractivity contribution in [2.75, 3.05) is 39.5 Å². The Bertz CT molecular complexity index is 457. The van der Waals surface area contributed by atoms with Gasteiger partial charge in [0.05, 0.1) is 25.1 Å². The first-order valence-electron chi connectivity index (χ1n) is 7.35. The summed E-state index contributed by atoms with van der Waals surface area (Å²) >= 11 is 4.01. The van der Waals surface area contributed by atoms with Crippen molar-refractivity contribution in [1.29, 1.82) is 0 Å². The number of ether oxygens (including phenoxy) is 2. The van der Waals surface area contributed by atoms with Crippen molar-refractivity contribution in [2.45, 2.75) is 25.0 Å². The van der Waals surface area contributed by atoms with E-state index in [1.807, 2.05) is 0 Å². The van der Waals surface area contributed by atoms with Crippen LogP contribution in [0.2, 0.25) is 0 Å². The van der Waals surface area contributed by atoms with Crippen LogP contribution in [-0.2, 0) is 28.7 Å². The van der Waals surface area contributed by atoms with Gasteiger partial charge in [-0.15, -0.1) is 0 Å². The molecule has 1 rings (SSSR count). The first-order chi connectivity index (χ1) is 10.9. The molecule has 1 unspecified atom stereocenters. The van der Waals surface area contributed by atoms with E-state index in [1.165, 1.54) is 6.92 Å². The molecule has 0 aromatic rings. The van der Waals surface area contributed by atoms with Gasteiger partial charge in [-0.3, -0.25) is 24.1 Å². The lowest BCUT2D eigenvalue weighted by molar-refractivity contribution is -0.138. The summed E-state index contributed by atoms with van der Waals surface area (Å²) in [5.41, 5.74) is 0. The molecule has 130 valence electrons. The summed E-state index contributed by atoms with van der Waals surface area (Å²) in [4.78, 5) is 46.4. The van der Waals surface area contributed by atoms with Crippen molar-refractivity contribution >= 4 is 36.1 Å². The van der Waals surface area contributed by atoms with Crippen molar-refractivity contribution in [2.24, 2.45) is 0 Å². The van der Waals surface area contributed by atoms with Gasteiger partial charge in [-0.25, -0.2) is 0 Å². The van der Waals surface area contributed by atoms with Gasteiger partial charge in [0.15, 0.2) is 5.78 Å². The number of nitrogens with one attached hydrogen (secondary N) is 1. The minimum atomic E-state index is -0.593. The molecule has 0 aliphatic carbocycles. The highest BCUT2D eigenvalue weighted by atomic mass is 32.1. The van der Waals surface area contributed by atoms with Crippen LogP contribution in [0.5, 0.6) is 0 Å². The molecule has 1 heterocycles. The number of imide groups is 1. The summed E-state index contributed by atoms with van der Waals surface area (Å²) in [5.74, 6) is -0.946. The van der Waals surface area contributed by atoms with E-state index in [9.17, 15) is 19.2 Å². The highest BCUT2D eigenvalue weighted by molar-refractivity contribution is 7.81. The number of hydrogen-bond acceptors (Lipinski definition) is 7. The molecule has 0 spiro atoms. The minimum Gasteiger partial charge on any atom is -0.377 e. The summed E-state index contributed by atoms with van der Waals surface area (Å²) in [6.07, 6.45) is 0.142. The number of ketones is 1. The summed E-state index contributed by atoms with van der Waals surface area (Å²) in [7, 11) is 0. The number of amides is 3. The second-order valence-electron chi connectivity index (χ2n) is 5.07. The number of hydrogen-bond donors (Lipinski definition) is 2. The Morgan fingerprint density at radius 3 is 2.57 bits per heavy atom. The maximum atomic E-state index is 11.6. The maximum absolute atomic E-state index is 11.6. The predicted octanol–water partition coefficient (Wildman–Crippen LogP) is -0.828. The molecule has 1 fully saturated rings. The molecule has 1 N–H and O–H groups in total. The fourth-order valence-electron chi connectivity index (χ4n) is 1.90. The zero-order valence-corrected chi connectivity index (χ0v) is 14.0. The van der Waals surface area contributed by atoms with E-state index in [2.05, 4.69) is 17.9 Å². The van der Waals surface area contributed by atoms with Crippen LogP contribution in [0, 0.1) is 0 Å². The van der Waals surface area contributed by atoms with Crippen molar-refractivity contribution < 1.29 is 28.7 Å². The van der Waals surface area contributed by atoms with Gasteiger partial charge in [0.1, 0.15) is 6.61 Å². The molecule has 0 aromatic heterocycles. The van der Waals surface area contributed by atoms with Gasteiger partial charge < -0.3 is 14.8 Å². The Morgan fingerprint density at radius 1 is 1.26 bits per heavy atom. The van der Waals surface area contributed by atoms with Crippen LogP contribution in [-0.4, -0.2) is 73.2 Å². The number of thiol groups is 1. The number of likely N-dealkylation sites (tertiary alicyclic amines) is 1. The van der Waals surface area contributed by atoms with E-state index in [4.69, 9.17) is 9.47 Å². The molecule has 8 nitrogen and oxygen atoms in total. The third-order valence-corrected chi connectivity index (χ3v) is 3.43. The fourth-order valence-corrected chi connectivity index (χ4v) is 2.20. The number of nitrogens with zero attached hydrogens (tertiary/aromatic N) is 1. The van der Waals surface area contributed by atoms with Crippen LogP contribution < -0.4 is 5.32 Å². The van der Waals surface area contributed by atoms with E-state index in [1.54, 1.807) is 0 Å². The van der Waals surface area contributed by atoms with Crippen LogP contribution in [0.3, 0.4) is 0 Å². The number of rotatable bonds is 11. The average molecular weight is 346 g/mol. The molecule has 0 saturated carbocycles. The molecule has 3 amide bonds. The van der Waals surface area contributed by atoms with Crippen LogP contribution in [0.25, 0.3) is 0 Å². The third kappa shape index (κ3) is 7.58. The van der Waals surface area contributed by atoms with Gasteiger partial charge >= 0.3 is 0 Å². The molecular weight excluding hydrogens is 324 g/mol. The monoisotopic (exact) mass is 346 g/mol. The molecule has 23 heavy (non-hydrogen) atoms. The normalized spacial score (nSPS) is 17.7. The Morgan fingerprint density at radius 2 is 1.96 bits per heavy atom. The molecular formula is C14H22N2O6S. The topological polar surface area (TPSA) is 102 Å². The molecule has 0 bridgehead atoms. The molecule has 9 heteroatoms. The maximum Gasteiger partial charge on any atom is 0.242 e. The SMILES string of the molecule is CC(=O)COCCOCCNC(=O)CCN1C(=O)CC(S)C1=O. The van der Waals surface area contributed by atoms with Crippen LogP contribution >= 0.6 is 12.6 Å². The minimum absolute atomic E-state index is 0.0449. The van der Waals surface area contributed by atoms with Gasteiger partial charge in [-0.2, -0.15) is 12.6 Å². The third-order valence-electron chi connectivity index (χ3n) is 3.03. The fraction of sp³-hybridized carbons (Fsp3) is 0.714. The summed E-state index contributed by atoms with van der Waals surface area (Å²) in [5, 5.41) is 2.04. The Kier molecular flexibility index (Phi) is 8.82. The van der Waals surface area contributed by atoms with Gasteiger partial charge in [-0.05, 0) is 6.92 Å². The lowest BCUT2D eigenvalue weighted by Gasteiger charge is -2.13. The molecule has 1 saturated heterocycles. The van der Waals surface area contributed by atoms with Crippen molar-refractivity contribution in [1.82, 2.24) is 10.2 Å². The second kappa shape index (κ2) is 10.3. The largest absolute Gasteiger partial charge is 0.377 e. The van der Waals surface area contributed by atoms with Gasteiger partial charge in [0, 0.05) is 25.9 Å². The van der Waals surface area contributed by atoms with E-state index in [0.717, 1.165) is 4.90 Å². The molecule has 1 atom stereocenters. The van der Waals surface area contributed by atoms with Gasteiger partial charge in [0.25, 0.3) is 0 Å². The van der Waals surface area contributed by atoms with E-state index >= 15 is 0 Å². The van der Waals surface area contributed by atoms with Crippen LogP contribution in [0.1, 0.15) is 19.8 Å². The van der Waals surface area contributed by atoms with Gasteiger partial charge in [0.2, 0.25) is 17.7 Å². The first-order valence-corrected chi connectivity index (χ1v) is 7.87. The highest BCUT2D eigenvalue weighted by Crippen LogP contribution is 2.17. The van der Waals surface area contributed by atoms with Crippen molar-refractivity contribution in [3.8, 4) is 0 Å². The zero-order valence-electron chi connectivity index (χ0n) is 13.1. The summed E-state index contributed by atoms with van der Waals surface area (Å²) in [6.45, 7) is 2.87. The number of carbonyl (C=O) groups excluding carboxylic acids is 4. The van der Waals surface area contributed by atoms with Crippen molar-refractivity contribution in [3.63, 3.8) is 0 Å². The number of carbonyl (C=O) groups is 4. The van der Waals surface area contributed by atoms with Crippen LogP contribution in [0.15, 0.2) is 0 Å². The Hall–Kier alpha value is -1.45. The quantitative estimate of drug-likeness (QED) is 0.288. The summed E-state index contributed by atoms with van der Waals surface area (Å²) < 4.78 is 10.2. The van der Waals surface area contributed by atoms with E-state index in [-0.39, 0.29) is 49.5 Å².